The number of rotatable bonds is 3. The monoisotopic (exact) mass is 296 g/mol. The number of hydrogen-bond donors (Lipinski definition) is 1. The molecule has 1 aliphatic heterocycles. The van der Waals surface area contributed by atoms with E-state index in [1.54, 1.807) is 0 Å². The van der Waals surface area contributed by atoms with Crippen LogP contribution in [-0.2, 0) is 6.54 Å². The van der Waals surface area contributed by atoms with Crippen molar-refractivity contribution < 1.29 is 0 Å². The Labute approximate surface area is 113 Å². The Balaban J connectivity index is 2.30. The molecular weight excluding hydrogens is 276 g/mol. The van der Waals surface area contributed by atoms with Gasteiger partial charge in [-0.05, 0) is 50.9 Å². The number of hydrogen-bond acceptors (Lipinski definition) is 2. The minimum Gasteiger partial charge on any atom is -0.369 e. The molecule has 0 saturated carbocycles. The summed E-state index contributed by atoms with van der Waals surface area (Å²) in [6, 6.07) is 7.27. The summed E-state index contributed by atoms with van der Waals surface area (Å²) in [5.74, 6) is 0. The first-order chi connectivity index (χ1) is 8.22. The molecule has 0 radical (unpaired) electrons. The number of piperidine rings is 1. The summed E-state index contributed by atoms with van der Waals surface area (Å²) in [6.07, 6.45) is 3.99. The molecule has 1 aromatic carbocycles. The van der Waals surface area contributed by atoms with Crippen LogP contribution >= 0.6 is 15.9 Å². The van der Waals surface area contributed by atoms with Gasteiger partial charge in [0.1, 0.15) is 0 Å². The smallest absolute Gasteiger partial charge is 0.0425 e. The highest BCUT2D eigenvalue weighted by molar-refractivity contribution is 9.10. The highest BCUT2D eigenvalue weighted by atomic mass is 79.9. The molecule has 2 rings (SSSR count). The zero-order valence-corrected chi connectivity index (χ0v) is 12.3. The van der Waals surface area contributed by atoms with Crippen molar-refractivity contribution >= 4 is 21.6 Å². The Kier molecular flexibility index (Phi) is 4.46. The van der Waals surface area contributed by atoms with E-state index < -0.39 is 0 Å². The molecule has 1 aromatic rings. The lowest BCUT2D eigenvalue weighted by Crippen LogP contribution is -2.38. The maximum absolute atomic E-state index is 3.59. The van der Waals surface area contributed by atoms with Crippen LogP contribution in [0.2, 0.25) is 0 Å². The van der Waals surface area contributed by atoms with Crippen LogP contribution in [-0.4, -0.2) is 19.6 Å². The highest BCUT2D eigenvalue weighted by Crippen LogP contribution is 2.30. The van der Waals surface area contributed by atoms with E-state index in [9.17, 15) is 0 Å². The van der Waals surface area contributed by atoms with Crippen molar-refractivity contribution in [3.05, 3.63) is 28.2 Å². The van der Waals surface area contributed by atoms with E-state index in [1.165, 1.54) is 41.5 Å². The van der Waals surface area contributed by atoms with Gasteiger partial charge in [0.2, 0.25) is 0 Å². The Hall–Kier alpha value is -0.540. The first-order valence-electron chi connectivity index (χ1n) is 6.42. The van der Waals surface area contributed by atoms with E-state index in [2.05, 4.69) is 51.3 Å². The molecule has 1 atom stereocenters. The van der Waals surface area contributed by atoms with Crippen LogP contribution in [0.15, 0.2) is 22.7 Å². The van der Waals surface area contributed by atoms with Gasteiger partial charge in [-0.25, -0.2) is 0 Å². The lowest BCUT2D eigenvalue weighted by atomic mass is 10.0. The topological polar surface area (TPSA) is 15.3 Å². The van der Waals surface area contributed by atoms with Gasteiger partial charge in [-0.15, -0.1) is 0 Å². The average molecular weight is 297 g/mol. The van der Waals surface area contributed by atoms with Crippen molar-refractivity contribution in [2.75, 3.05) is 18.5 Å². The molecule has 0 aliphatic carbocycles. The van der Waals surface area contributed by atoms with Gasteiger partial charge in [0.25, 0.3) is 0 Å². The van der Waals surface area contributed by atoms with Gasteiger partial charge < -0.3 is 10.2 Å². The molecule has 17 heavy (non-hydrogen) atoms. The van der Waals surface area contributed by atoms with Crippen LogP contribution in [0.3, 0.4) is 0 Å². The molecule has 1 heterocycles. The fourth-order valence-electron chi connectivity index (χ4n) is 2.60. The van der Waals surface area contributed by atoms with Crippen LogP contribution in [0.4, 0.5) is 5.69 Å². The van der Waals surface area contributed by atoms with E-state index in [-0.39, 0.29) is 0 Å². The number of benzene rings is 1. The number of nitrogens with zero attached hydrogens (tertiary/aromatic N) is 1. The Morgan fingerprint density at radius 2 is 2.24 bits per heavy atom. The zero-order valence-electron chi connectivity index (χ0n) is 10.7. The van der Waals surface area contributed by atoms with Crippen LogP contribution in [0.25, 0.3) is 0 Å². The molecule has 0 aromatic heterocycles. The summed E-state index contributed by atoms with van der Waals surface area (Å²) in [6.45, 7) is 4.46. The minimum atomic E-state index is 0.661. The summed E-state index contributed by atoms with van der Waals surface area (Å²) in [7, 11) is 2.01. The first-order valence-corrected chi connectivity index (χ1v) is 7.21. The molecule has 1 fully saturated rings. The van der Waals surface area contributed by atoms with Crippen molar-refractivity contribution in [1.29, 1.82) is 0 Å². The van der Waals surface area contributed by atoms with E-state index in [0.717, 1.165) is 6.54 Å². The quantitative estimate of drug-likeness (QED) is 0.918. The second kappa shape index (κ2) is 5.87. The van der Waals surface area contributed by atoms with Gasteiger partial charge in [-0.2, -0.15) is 0 Å². The number of anilines is 1. The molecule has 1 N–H and O–H groups in total. The zero-order chi connectivity index (χ0) is 12.3. The normalized spacial score (nSPS) is 20.6. The third-order valence-corrected chi connectivity index (χ3v) is 4.02. The second-order valence-electron chi connectivity index (χ2n) is 4.84. The Morgan fingerprint density at radius 1 is 1.41 bits per heavy atom. The molecular formula is C14H21BrN2. The predicted molar refractivity (Wildman–Crippen MR) is 77.6 cm³/mol. The Morgan fingerprint density at radius 3 is 2.94 bits per heavy atom. The van der Waals surface area contributed by atoms with Crippen molar-refractivity contribution in [3.8, 4) is 0 Å². The maximum atomic E-state index is 3.59. The predicted octanol–water partition coefficient (Wildman–Crippen LogP) is 3.55. The van der Waals surface area contributed by atoms with Gasteiger partial charge in [0.05, 0.1) is 0 Å². The Bertz CT molecular complexity index is 378. The third kappa shape index (κ3) is 3.02. The van der Waals surface area contributed by atoms with Crippen molar-refractivity contribution in [3.63, 3.8) is 0 Å². The highest BCUT2D eigenvalue weighted by Gasteiger charge is 2.20. The first kappa shape index (κ1) is 12.9. The average Bonchev–Trinajstić information content (AvgIpc) is 2.32. The van der Waals surface area contributed by atoms with Crippen LogP contribution in [0.5, 0.6) is 0 Å². The molecule has 0 spiro atoms. The van der Waals surface area contributed by atoms with E-state index in [0.29, 0.717) is 6.04 Å². The van der Waals surface area contributed by atoms with Gasteiger partial charge in [-0.1, -0.05) is 22.0 Å². The lowest BCUT2D eigenvalue weighted by molar-refractivity contribution is 0.483. The molecule has 3 heteroatoms. The van der Waals surface area contributed by atoms with Crippen LogP contribution < -0.4 is 10.2 Å². The van der Waals surface area contributed by atoms with Crippen molar-refractivity contribution in [2.45, 2.75) is 38.8 Å². The summed E-state index contributed by atoms with van der Waals surface area (Å²) in [4.78, 5) is 2.56. The van der Waals surface area contributed by atoms with E-state index >= 15 is 0 Å². The van der Waals surface area contributed by atoms with Gasteiger partial charge >= 0.3 is 0 Å². The largest absolute Gasteiger partial charge is 0.369 e. The molecule has 1 aliphatic rings. The van der Waals surface area contributed by atoms with Crippen LogP contribution in [0, 0.1) is 0 Å². The molecule has 1 unspecified atom stereocenters. The molecule has 0 bridgehead atoms. The molecule has 2 nitrogen and oxygen atoms in total. The fourth-order valence-corrected chi connectivity index (χ4v) is 2.95. The van der Waals surface area contributed by atoms with Crippen LogP contribution in [0.1, 0.15) is 31.7 Å². The summed E-state index contributed by atoms with van der Waals surface area (Å²) >= 11 is 3.59. The molecule has 94 valence electrons. The lowest BCUT2D eigenvalue weighted by Gasteiger charge is -2.37. The summed E-state index contributed by atoms with van der Waals surface area (Å²) < 4.78 is 1.17. The van der Waals surface area contributed by atoms with Gasteiger partial charge in [0, 0.05) is 29.3 Å². The maximum Gasteiger partial charge on any atom is 0.0425 e. The fraction of sp³-hybridized carbons (Fsp3) is 0.571. The standard InChI is InChI=1S/C14H21BrN2/c1-11-5-3-4-8-17(11)14-9-13(15)7-6-12(14)10-16-2/h6-7,9,11,16H,3-5,8,10H2,1-2H3. The van der Waals surface area contributed by atoms with Gasteiger partial charge in [-0.3, -0.25) is 0 Å². The molecule has 0 amide bonds. The SMILES string of the molecule is CNCc1ccc(Br)cc1N1CCCCC1C. The molecule has 1 saturated heterocycles. The minimum absolute atomic E-state index is 0.661. The van der Waals surface area contributed by atoms with E-state index in [4.69, 9.17) is 0 Å². The van der Waals surface area contributed by atoms with Crippen molar-refractivity contribution in [2.24, 2.45) is 0 Å². The second-order valence-corrected chi connectivity index (χ2v) is 5.76. The van der Waals surface area contributed by atoms with Gasteiger partial charge in [0.15, 0.2) is 0 Å². The van der Waals surface area contributed by atoms with Crippen molar-refractivity contribution in [1.82, 2.24) is 5.32 Å². The summed E-state index contributed by atoms with van der Waals surface area (Å²) in [5.41, 5.74) is 2.78. The number of nitrogens with one attached hydrogen (secondary N) is 1. The number of halogens is 1. The van der Waals surface area contributed by atoms with E-state index in [1.807, 2.05) is 7.05 Å². The third-order valence-electron chi connectivity index (χ3n) is 3.53. The summed E-state index contributed by atoms with van der Waals surface area (Å²) in [5, 5.41) is 3.26.